The van der Waals surface area contributed by atoms with Crippen LogP contribution in [0.1, 0.15) is 11.8 Å². The minimum absolute atomic E-state index is 0.0737. The molecule has 3 aromatic rings. The fourth-order valence-electron chi connectivity index (χ4n) is 3.18. The topological polar surface area (TPSA) is 177 Å². The molecular formula is C17H17N5O7S. The summed E-state index contributed by atoms with van der Waals surface area (Å²) in [6.07, 6.45) is -1.80. The molecule has 4 atom stereocenters. The van der Waals surface area contributed by atoms with Gasteiger partial charge in [0.2, 0.25) is 0 Å². The second kappa shape index (κ2) is 8.12. The number of aromatic nitrogens is 4. The van der Waals surface area contributed by atoms with Gasteiger partial charge in [-0.1, -0.05) is 11.8 Å². The van der Waals surface area contributed by atoms with Gasteiger partial charge in [0.15, 0.2) is 11.9 Å². The number of phenols is 1. The number of aliphatic hydroxyl groups excluding tert-OH is 3. The predicted octanol–water partition coefficient (Wildman–Crippen LogP) is 0.344. The zero-order valence-corrected chi connectivity index (χ0v) is 16.1. The predicted molar refractivity (Wildman–Crippen MR) is 103 cm³/mol. The number of aromatic hydroxyl groups is 1. The van der Waals surface area contributed by atoms with Crippen molar-refractivity contribution >= 4 is 28.6 Å². The van der Waals surface area contributed by atoms with Gasteiger partial charge in [0.05, 0.1) is 17.9 Å². The molecule has 0 radical (unpaired) electrons. The summed E-state index contributed by atoms with van der Waals surface area (Å²) in [4.78, 5) is 23.0. The van der Waals surface area contributed by atoms with Crippen molar-refractivity contribution in [2.45, 2.75) is 35.3 Å². The minimum Gasteiger partial charge on any atom is -0.508 e. The van der Waals surface area contributed by atoms with E-state index < -0.39 is 36.1 Å². The number of nitro benzene ring substituents is 1. The van der Waals surface area contributed by atoms with Gasteiger partial charge in [0, 0.05) is 23.4 Å². The van der Waals surface area contributed by atoms with Crippen LogP contribution < -0.4 is 0 Å². The number of aliphatic hydroxyl groups is 3. The second-order valence-electron chi connectivity index (χ2n) is 6.59. The Balaban J connectivity index is 1.60. The van der Waals surface area contributed by atoms with E-state index in [1.165, 1.54) is 47.2 Å². The van der Waals surface area contributed by atoms with Gasteiger partial charge < -0.3 is 25.2 Å². The van der Waals surface area contributed by atoms with Crippen LogP contribution in [0.15, 0.2) is 35.9 Å². The first-order valence-electron chi connectivity index (χ1n) is 8.79. The molecule has 30 heavy (non-hydrogen) atoms. The van der Waals surface area contributed by atoms with Crippen molar-refractivity contribution in [3.05, 3.63) is 46.5 Å². The maximum Gasteiger partial charge on any atom is 0.270 e. The van der Waals surface area contributed by atoms with E-state index in [9.17, 15) is 30.5 Å². The molecule has 0 bridgehead atoms. The Morgan fingerprint density at radius 1 is 1.23 bits per heavy atom. The van der Waals surface area contributed by atoms with Gasteiger partial charge >= 0.3 is 0 Å². The molecule has 0 aliphatic carbocycles. The molecule has 2 aromatic heterocycles. The Kier molecular flexibility index (Phi) is 5.53. The molecule has 4 N–H and O–H groups in total. The number of nitro groups is 1. The number of phenolic OH excluding ortho intramolecular Hbond substituents is 1. The highest BCUT2D eigenvalue weighted by Crippen LogP contribution is 2.34. The number of hydrogen-bond donors (Lipinski definition) is 4. The zero-order chi connectivity index (χ0) is 21.4. The first-order valence-corrected chi connectivity index (χ1v) is 9.78. The third kappa shape index (κ3) is 3.57. The molecule has 0 saturated carbocycles. The van der Waals surface area contributed by atoms with Crippen molar-refractivity contribution in [1.29, 1.82) is 0 Å². The van der Waals surface area contributed by atoms with E-state index in [2.05, 4.69) is 15.0 Å². The van der Waals surface area contributed by atoms with Gasteiger partial charge in [0.25, 0.3) is 5.69 Å². The first kappa shape index (κ1) is 20.4. The van der Waals surface area contributed by atoms with Crippen LogP contribution in [0.4, 0.5) is 5.69 Å². The Labute approximate surface area is 172 Å². The summed E-state index contributed by atoms with van der Waals surface area (Å²) in [5.74, 6) is 0.121. The van der Waals surface area contributed by atoms with Crippen LogP contribution in [0, 0.1) is 10.1 Å². The molecule has 1 aliphatic rings. The van der Waals surface area contributed by atoms with Gasteiger partial charge in [-0.15, -0.1) is 0 Å². The van der Waals surface area contributed by atoms with E-state index in [-0.39, 0.29) is 17.2 Å². The Hall–Kier alpha value is -2.84. The molecule has 1 aliphatic heterocycles. The van der Waals surface area contributed by atoms with Crippen molar-refractivity contribution in [3.63, 3.8) is 0 Å². The van der Waals surface area contributed by atoms with Crippen molar-refractivity contribution in [1.82, 2.24) is 19.5 Å². The molecule has 1 saturated heterocycles. The van der Waals surface area contributed by atoms with Crippen molar-refractivity contribution in [3.8, 4) is 5.75 Å². The summed E-state index contributed by atoms with van der Waals surface area (Å²) < 4.78 is 6.96. The average Bonchev–Trinajstić information content (AvgIpc) is 3.28. The van der Waals surface area contributed by atoms with Gasteiger partial charge in [0.1, 0.15) is 40.9 Å². The van der Waals surface area contributed by atoms with Crippen molar-refractivity contribution < 1.29 is 30.1 Å². The molecule has 0 amide bonds. The normalized spacial score (nSPS) is 23.8. The monoisotopic (exact) mass is 435 g/mol. The summed E-state index contributed by atoms with van der Waals surface area (Å²) in [6.45, 7) is -0.454. The van der Waals surface area contributed by atoms with Crippen LogP contribution in [0.25, 0.3) is 11.2 Å². The molecule has 4 rings (SSSR count). The number of non-ortho nitro benzene ring substituents is 1. The minimum atomic E-state index is -1.28. The molecule has 3 heterocycles. The highest BCUT2D eigenvalue weighted by molar-refractivity contribution is 7.98. The van der Waals surface area contributed by atoms with Gasteiger partial charge in [-0.25, -0.2) is 15.0 Å². The smallest absolute Gasteiger partial charge is 0.270 e. The van der Waals surface area contributed by atoms with Crippen LogP contribution >= 0.6 is 11.8 Å². The van der Waals surface area contributed by atoms with Crippen LogP contribution in [-0.2, 0) is 10.5 Å². The fourth-order valence-corrected chi connectivity index (χ4v) is 4.11. The molecule has 158 valence electrons. The zero-order valence-electron chi connectivity index (χ0n) is 15.3. The van der Waals surface area contributed by atoms with E-state index >= 15 is 0 Å². The number of rotatable bonds is 6. The van der Waals surface area contributed by atoms with E-state index in [4.69, 9.17) is 4.74 Å². The molecule has 1 aromatic carbocycles. The summed E-state index contributed by atoms with van der Waals surface area (Å²) in [7, 11) is 0. The molecule has 1 fully saturated rings. The highest BCUT2D eigenvalue weighted by atomic mass is 32.2. The second-order valence-corrected chi connectivity index (χ2v) is 7.55. The average molecular weight is 435 g/mol. The number of imidazole rings is 1. The molecular weight excluding hydrogens is 418 g/mol. The summed E-state index contributed by atoms with van der Waals surface area (Å²) >= 11 is 1.20. The lowest BCUT2D eigenvalue weighted by molar-refractivity contribution is -0.384. The summed E-state index contributed by atoms with van der Waals surface area (Å²) in [5.41, 5.74) is 0.962. The number of benzene rings is 1. The van der Waals surface area contributed by atoms with Gasteiger partial charge in [-0.3, -0.25) is 14.7 Å². The van der Waals surface area contributed by atoms with E-state index in [1.807, 2.05) is 0 Å². The number of fused-ring (bicyclic) bond motifs is 1. The van der Waals surface area contributed by atoms with Crippen molar-refractivity contribution in [2.75, 3.05) is 6.61 Å². The number of thioether (sulfide) groups is 1. The van der Waals surface area contributed by atoms with Crippen molar-refractivity contribution in [2.24, 2.45) is 0 Å². The van der Waals surface area contributed by atoms with E-state index in [0.29, 0.717) is 21.8 Å². The van der Waals surface area contributed by atoms with Crippen LogP contribution in [0.5, 0.6) is 5.75 Å². The van der Waals surface area contributed by atoms with Crippen LogP contribution in [0.3, 0.4) is 0 Å². The standard InChI is InChI=1S/C17H17N5O7S/c23-4-11-13(25)14(26)17(29-11)21-7-20-12-15(21)18-6-19-16(12)30-5-8-3-9(22(27)28)1-2-10(8)24/h1-3,6-7,11,13-14,17,23-26H,4-5H2. The SMILES string of the molecule is O=[N+]([O-])c1ccc(O)c(CSc2ncnc3c2ncn3C2OC(CO)C(O)C2O)c1. The highest BCUT2D eigenvalue weighted by Gasteiger charge is 2.44. The number of ether oxygens (including phenoxy) is 1. The van der Waals surface area contributed by atoms with Gasteiger partial charge in [-0.2, -0.15) is 0 Å². The lowest BCUT2D eigenvalue weighted by atomic mass is 10.1. The largest absolute Gasteiger partial charge is 0.508 e. The summed E-state index contributed by atoms with van der Waals surface area (Å²) in [5, 5.41) is 50.9. The Bertz CT molecular complexity index is 1090. The third-order valence-electron chi connectivity index (χ3n) is 4.75. The molecule has 4 unspecified atom stereocenters. The number of nitrogens with zero attached hydrogens (tertiary/aromatic N) is 5. The summed E-state index contributed by atoms with van der Waals surface area (Å²) in [6, 6.07) is 3.77. The van der Waals surface area contributed by atoms with Crippen LogP contribution in [0.2, 0.25) is 0 Å². The fraction of sp³-hybridized carbons (Fsp3) is 0.353. The quantitative estimate of drug-likeness (QED) is 0.182. The Morgan fingerprint density at radius 2 is 2.03 bits per heavy atom. The lowest BCUT2D eigenvalue weighted by Crippen LogP contribution is -2.33. The molecule has 0 spiro atoms. The third-order valence-corrected chi connectivity index (χ3v) is 5.78. The maximum atomic E-state index is 11.0. The lowest BCUT2D eigenvalue weighted by Gasteiger charge is -2.16. The van der Waals surface area contributed by atoms with E-state index in [0.717, 1.165) is 0 Å². The van der Waals surface area contributed by atoms with E-state index in [1.54, 1.807) is 0 Å². The maximum absolute atomic E-state index is 11.0. The molecule has 12 nitrogen and oxygen atoms in total. The van der Waals surface area contributed by atoms with Gasteiger partial charge in [-0.05, 0) is 6.07 Å². The van der Waals surface area contributed by atoms with Crippen LogP contribution in [-0.4, -0.2) is 69.8 Å². The first-order chi connectivity index (χ1) is 14.4. The molecule has 13 heteroatoms. The number of hydrogen-bond acceptors (Lipinski definition) is 11. The Morgan fingerprint density at radius 3 is 2.73 bits per heavy atom.